The molecule has 336 valence electrons. The van der Waals surface area contributed by atoms with Gasteiger partial charge < -0.3 is 44.6 Å². The highest BCUT2D eigenvalue weighted by Gasteiger charge is 2.42. The van der Waals surface area contributed by atoms with Gasteiger partial charge >= 0.3 is 12.2 Å². The lowest BCUT2D eigenvalue weighted by atomic mass is 9.97. The number of nitrogens with zero attached hydrogens (tertiary/aromatic N) is 4. The van der Waals surface area contributed by atoms with E-state index < -0.39 is 24.3 Å². The number of carbonyl (C=O) groups excluding carboxylic acids is 4. The van der Waals surface area contributed by atoms with Gasteiger partial charge in [-0.3, -0.25) is 9.59 Å². The third-order valence-corrected chi connectivity index (χ3v) is 13.3. The molecule has 0 radical (unpaired) electrons. The van der Waals surface area contributed by atoms with Crippen LogP contribution in [-0.2, 0) is 23.8 Å². The third kappa shape index (κ3) is 8.32. The van der Waals surface area contributed by atoms with E-state index in [9.17, 15) is 19.2 Å². The maximum absolute atomic E-state index is 14.4. The van der Waals surface area contributed by atoms with E-state index in [2.05, 4.69) is 69.1 Å². The summed E-state index contributed by atoms with van der Waals surface area (Å²) < 4.78 is 15.3. The Kier molecular flexibility index (Phi) is 12.1. The Hall–Kier alpha value is -7.00. The van der Waals surface area contributed by atoms with E-state index in [1.165, 1.54) is 14.2 Å². The van der Waals surface area contributed by atoms with E-state index in [0.717, 1.165) is 79.8 Å². The molecule has 7 aromatic rings. The van der Waals surface area contributed by atoms with Crippen molar-refractivity contribution >= 4 is 67.6 Å². The second kappa shape index (κ2) is 18.2. The van der Waals surface area contributed by atoms with Gasteiger partial charge in [-0.15, -0.1) is 0 Å². The van der Waals surface area contributed by atoms with Gasteiger partial charge in [-0.2, -0.15) is 0 Å². The lowest BCUT2D eigenvalue weighted by molar-refractivity contribution is -0.136. The number of benzene rings is 5. The number of likely N-dealkylation sites (tertiary alicyclic amines) is 2. The summed E-state index contributed by atoms with van der Waals surface area (Å²) in [6, 6.07) is 28.0. The van der Waals surface area contributed by atoms with Crippen molar-refractivity contribution in [2.45, 2.75) is 63.7 Å². The van der Waals surface area contributed by atoms with Crippen molar-refractivity contribution in [2.24, 2.45) is 11.8 Å². The van der Waals surface area contributed by atoms with E-state index in [1.54, 1.807) is 12.0 Å². The molecule has 0 saturated carbocycles. The van der Waals surface area contributed by atoms with Gasteiger partial charge in [0, 0.05) is 36.9 Å². The lowest BCUT2D eigenvalue weighted by Crippen LogP contribution is -2.51. The van der Waals surface area contributed by atoms with Gasteiger partial charge in [-0.25, -0.2) is 19.6 Å². The molecule has 0 unspecified atom stereocenters. The summed E-state index contributed by atoms with van der Waals surface area (Å²) >= 11 is 0. The van der Waals surface area contributed by atoms with Crippen LogP contribution in [0.4, 0.5) is 9.59 Å². The number of aromatic amines is 2. The summed E-state index contributed by atoms with van der Waals surface area (Å²) in [6.45, 7) is 5.47. The van der Waals surface area contributed by atoms with Gasteiger partial charge in [0.05, 0.1) is 55.0 Å². The predicted molar refractivity (Wildman–Crippen MR) is 248 cm³/mol. The van der Waals surface area contributed by atoms with E-state index in [1.807, 2.05) is 61.2 Å². The molecule has 4 amide bonds. The number of hydrogen-bond donors (Lipinski definition) is 4. The van der Waals surface area contributed by atoms with Crippen molar-refractivity contribution in [1.29, 1.82) is 0 Å². The Balaban J connectivity index is 0.986. The minimum absolute atomic E-state index is 0.0702. The highest BCUT2D eigenvalue weighted by atomic mass is 16.5. The largest absolute Gasteiger partial charge is 0.453 e. The van der Waals surface area contributed by atoms with Crippen LogP contribution in [0.3, 0.4) is 0 Å². The van der Waals surface area contributed by atoms with Crippen LogP contribution in [0.25, 0.3) is 54.7 Å². The van der Waals surface area contributed by atoms with Gasteiger partial charge in [0.15, 0.2) is 0 Å². The molecule has 2 aliphatic rings. The average molecular weight is 879 g/mol. The zero-order valence-corrected chi connectivity index (χ0v) is 37.2. The highest BCUT2D eigenvalue weighted by Crippen LogP contribution is 2.40. The van der Waals surface area contributed by atoms with Gasteiger partial charge in [0.1, 0.15) is 23.7 Å². The molecule has 65 heavy (non-hydrogen) atoms. The number of imidazole rings is 2. The van der Waals surface area contributed by atoms with Crippen LogP contribution in [0.15, 0.2) is 91.0 Å². The predicted octanol–water partition coefficient (Wildman–Crippen LogP) is 8.48. The summed E-state index contributed by atoms with van der Waals surface area (Å²) in [5.41, 5.74) is 6.19. The van der Waals surface area contributed by atoms with Crippen LogP contribution in [0.2, 0.25) is 0 Å². The smallest absolute Gasteiger partial charge is 0.407 e. The van der Waals surface area contributed by atoms with Gasteiger partial charge in [-0.1, -0.05) is 87.0 Å². The number of carbonyl (C=O) groups is 4. The van der Waals surface area contributed by atoms with E-state index >= 15 is 0 Å². The molecular formula is C50H54N8O7. The minimum atomic E-state index is -0.944. The molecule has 0 aliphatic carbocycles. The van der Waals surface area contributed by atoms with Crippen molar-refractivity contribution in [2.75, 3.05) is 41.0 Å². The number of rotatable bonds is 12. The molecule has 0 bridgehead atoms. The SMILES string of the molecule is CC[C@H](C)[C@H](NC(=O)OC)C(=O)N1CCC[C@H]1c1nc2ccc3cc(-c4ccc5c(ccc6nc([C@@H]7C[C@H](COC)CN7C(=O)[C@H](NC(=O)OC)c7ccccc7)[nH]c65)c4)ccc3c2[nH]1. The van der Waals surface area contributed by atoms with Crippen LogP contribution in [0.5, 0.6) is 0 Å². The fourth-order valence-corrected chi connectivity index (χ4v) is 9.75. The van der Waals surface area contributed by atoms with Crippen LogP contribution >= 0.6 is 0 Å². The normalized spacial score (nSPS) is 18.9. The first-order valence-electron chi connectivity index (χ1n) is 22.3. The molecule has 2 aliphatic heterocycles. The molecular weight excluding hydrogens is 825 g/mol. The van der Waals surface area contributed by atoms with Crippen molar-refractivity contribution in [3.63, 3.8) is 0 Å². The minimum Gasteiger partial charge on any atom is -0.453 e. The van der Waals surface area contributed by atoms with E-state index in [0.29, 0.717) is 37.5 Å². The van der Waals surface area contributed by atoms with Crippen LogP contribution in [0, 0.1) is 11.8 Å². The zero-order valence-electron chi connectivity index (χ0n) is 37.2. The summed E-state index contributed by atoms with van der Waals surface area (Å²) in [5, 5.41) is 9.65. The van der Waals surface area contributed by atoms with Crippen molar-refractivity contribution in [3.8, 4) is 11.1 Å². The zero-order chi connectivity index (χ0) is 45.4. The van der Waals surface area contributed by atoms with Crippen molar-refractivity contribution in [3.05, 3.63) is 108 Å². The maximum atomic E-state index is 14.4. The third-order valence-electron chi connectivity index (χ3n) is 13.3. The number of H-pyrrole nitrogens is 2. The van der Waals surface area contributed by atoms with Crippen molar-refractivity contribution in [1.82, 2.24) is 40.4 Å². The Morgan fingerprint density at radius 3 is 1.92 bits per heavy atom. The summed E-state index contributed by atoms with van der Waals surface area (Å²) in [6.07, 6.45) is 1.67. The van der Waals surface area contributed by atoms with Gasteiger partial charge in [0.25, 0.3) is 5.91 Å². The fourth-order valence-electron chi connectivity index (χ4n) is 9.75. The fraction of sp³-hybridized carbons (Fsp3) is 0.360. The molecule has 0 spiro atoms. The number of fused-ring (bicyclic) bond motifs is 6. The molecule has 2 fully saturated rings. The van der Waals surface area contributed by atoms with Crippen LogP contribution in [-0.4, -0.2) is 101 Å². The molecule has 4 N–H and O–H groups in total. The Bertz CT molecular complexity index is 2910. The monoisotopic (exact) mass is 878 g/mol. The molecule has 2 aromatic heterocycles. The first kappa shape index (κ1) is 43.3. The molecule has 5 aromatic carbocycles. The number of methoxy groups -OCH3 is 3. The number of aromatic nitrogens is 4. The number of nitrogens with one attached hydrogen (secondary N) is 4. The van der Waals surface area contributed by atoms with Crippen molar-refractivity contribution < 1.29 is 33.4 Å². The molecule has 6 atom stereocenters. The first-order chi connectivity index (χ1) is 31.6. The second-order valence-corrected chi connectivity index (χ2v) is 17.3. The molecule has 15 nitrogen and oxygen atoms in total. The second-order valence-electron chi connectivity index (χ2n) is 17.3. The molecule has 4 heterocycles. The Labute approximate surface area is 376 Å². The summed E-state index contributed by atoms with van der Waals surface area (Å²) in [5.74, 6) is 1.04. The topological polar surface area (TPSA) is 184 Å². The molecule has 2 saturated heterocycles. The van der Waals surface area contributed by atoms with E-state index in [-0.39, 0.29) is 35.7 Å². The number of hydrogen-bond acceptors (Lipinski definition) is 9. The lowest BCUT2D eigenvalue weighted by Gasteiger charge is -2.30. The molecule has 15 heteroatoms. The van der Waals surface area contributed by atoms with Gasteiger partial charge in [-0.05, 0) is 76.9 Å². The maximum Gasteiger partial charge on any atom is 0.407 e. The summed E-state index contributed by atoms with van der Waals surface area (Å²) in [7, 11) is 4.24. The van der Waals surface area contributed by atoms with Crippen LogP contribution < -0.4 is 10.6 Å². The van der Waals surface area contributed by atoms with Gasteiger partial charge in [0.2, 0.25) is 5.91 Å². The number of alkyl carbamates (subject to hydrolysis) is 2. The summed E-state index contributed by atoms with van der Waals surface area (Å²) in [4.78, 5) is 73.8. The average Bonchev–Trinajstić information content (AvgIpc) is 4.17. The Morgan fingerprint density at radius 2 is 1.34 bits per heavy atom. The number of ether oxygens (including phenoxy) is 3. The Morgan fingerprint density at radius 1 is 0.738 bits per heavy atom. The highest BCUT2D eigenvalue weighted by molar-refractivity contribution is 6.07. The molecule has 9 rings (SSSR count). The van der Waals surface area contributed by atoms with Crippen LogP contribution in [0.1, 0.15) is 74.9 Å². The standard InChI is InChI=1S/C50H54N8O7/c1-6-28(2)41(55-49(61)64-4)47(59)57-22-10-13-39(57)45-51-37-20-16-33-24-31(14-18-35(33)43(37)53-45)32-15-19-36-34(25-32)17-21-38-44(36)54-46(52-38)40-23-29(27-63-3)26-58(40)48(60)42(56-50(62)65-5)30-11-8-7-9-12-30/h7-9,11-12,14-21,24-25,28-29,39-42H,6,10,13,22-23,26-27H2,1-5H3,(H,51,53)(H,52,54)(H,55,61)(H,56,62)/t28-,29-,39-,40-,41-,42+/m0/s1. The number of amides is 4. The van der Waals surface area contributed by atoms with E-state index in [4.69, 9.17) is 24.2 Å². The quantitative estimate of drug-likeness (QED) is 0.0935. The first-order valence-corrected chi connectivity index (χ1v) is 22.3.